The lowest BCUT2D eigenvalue weighted by atomic mass is 10.2. The Labute approximate surface area is 150 Å². The number of aromatic nitrogens is 1. The molecule has 9 heteroatoms. The van der Waals surface area contributed by atoms with Crippen LogP contribution in [0.2, 0.25) is 0 Å². The van der Waals surface area contributed by atoms with E-state index in [-0.39, 0.29) is 30.2 Å². The average molecular weight is 375 g/mol. The molecule has 3 heterocycles. The van der Waals surface area contributed by atoms with Gasteiger partial charge < -0.3 is 20.1 Å². The van der Waals surface area contributed by atoms with Crippen LogP contribution in [-0.4, -0.2) is 43.6 Å². The van der Waals surface area contributed by atoms with Gasteiger partial charge in [-0.3, -0.25) is 4.79 Å². The molecular formula is C17H17N3O5S. The SMILES string of the molecule is O=C(Nc1ccc(NC2CCS(=O)(=O)C2)cn1)c1ccc2c(c1)OCO2. The van der Waals surface area contributed by atoms with E-state index in [1.165, 1.54) is 0 Å². The van der Waals surface area contributed by atoms with E-state index in [0.717, 1.165) is 0 Å². The zero-order chi connectivity index (χ0) is 18.1. The van der Waals surface area contributed by atoms with Crippen LogP contribution in [0.3, 0.4) is 0 Å². The topological polar surface area (TPSA) is 107 Å². The summed E-state index contributed by atoms with van der Waals surface area (Å²) >= 11 is 0. The first-order chi connectivity index (χ1) is 12.5. The van der Waals surface area contributed by atoms with E-state index < -0.39 is 9.84 Å². The van der Waals surface area contributed by atoms with Gasteiger partial charge in [-0.25, -0.2) is 13.4 Å². The minimum absolute atomic E-state index is 0.101. The van der Waals surface area contributed by atoms with Crippen LogP contribution in [0.4, 0.5) is 11.5 Å². The van der Waals surface area contributed by atoms with Crippen molar-refractivity contribution in [3.8, 4) is 11.5 Å². The van der Waals surface area contributed by atoms with Gasteiger partial charge in [0.25, 0.3) is 5.91 Å². The van der Waals surface area contributed by atoms with Crippen molar-refractivity contribution in [1.29, 1.82) is 0 Å². The molecule has 1 aromatic heterocycles. The summed E-state index contributed by atoms with van der Waals surface area (Å²) in [6, 6.07) is 8.28. The van der Waals surface area contributed by atoms with Gasteiger partial charge in [-0.1, -0.05) is 0 Å². The van der Waals surface area contributed by atoms with Crippen LogP contribution in [0.5, 0.6) is 11.5 Å². The Morgan fingerprint density at radius 2 is 2.00 bits per heavy atom. The Balaban J connectivity index is 1.39. The second-order valence-corrected chi connectivity index (χ2v) is 8.43. The molecule has 0 radical (unpaired) electrons. The van der Waals surface area contributed by atoms with E-state index in [0.29, 0.717) is 35.0 Å². The van der Waals surface area contributed by atoms with Crippen molar-refractivity contribution < 1.29 is 22.7 Å². The van der Waals surface area contributed by atoms with E-state index in [9.17, 15) is 13.2 Å². The molecule has 1 fully saturated rings. The summed E-state index contributed by atoms with van der Waals surface area (Å²) in [6.07, 6.45) is 2.16. The van der Waals surface area contributed by atoms with Crippen molar-refractivity contribution in [2.24, 2.45) is 0 Å². The molecular weight excluding hydrogens is 358 g/mol. The average Bonchev–Trinajstić information content (AvgIpc) is 3.21. The summed E-state index contributed by atoms with van der Waals surface area (Å²) in [4.78, 5) is 16.5. The third-order valence-electron chi connectivity index (χ3n) is 4.24. The molecule has 1 atom stereocenters. The minimum Gasteiger partial charge on any atom is -0.454 e. The zero-order valence-electron chi connectivity index (χ0n) is 13.8. The third-order valence-corrected chi connectivity index (χ3v) is 6.01. The molecule has 1 unspecified atom stereocenters. The number of hydrogen-bond donors (Lipinski definition) is 2. The number of pyridine rings is 1. The fraction of sp³-hybridized carbons (Fsp3) is 0.294. The van der Waals surface area contributed by atoms with Gasteiger partial charge in [-0.15, -0.1) is 0 Å². The molecule has 2 N–H and O–H groups in total. The Morgan fingerprint density at radius 3 is 2.73 bits per heavy atom. The highest BCUT2D eigenvalue weighted by Crippen LogP contribution is 2.32. The second kappa shape index (κ2) is 6.49. The maximum absolute atomic E-state index is 12.3. The van der Waals surface area contributed by atoms with Gasteiger partial charge in [0.1, 0.15) is 5.82 Å². The molecule has 2 aliphatic rings. The minimum atomic E-state index is -2.93. The summed E-state index contributed by atoms with van der Waals surface area (Å²) in [5.41, 5.74) is 1.16. The predicted molar refractivity (Wildman–Crippen MR) is 95.4 cm³/mol. The molecule has 0 spiro atoms. The predicted octanol–water partition coefficient (Wildman–Crippen LogP) is 1.66. The van der Waals surface area contributed by atoms with Crippen molar-refractivity contribution in [3.63, 3.8) is 0 Å². The lowest BCUT2D eigenvalue weighted by Gasteiger charge is -2.12. The van der Waals surface area contributed by atoms with Crippen LogP contribution in [-0.2, 0) is 9.84 Å². The first-order valence-corrected chi connectivity index (χ1v) is 9.95. The van der Waals surface area contributed by atoms with Crippen LogP contribution in [0.15, 0.2) is 36.5 Å². The zero-order valence-corrected chi connectivity index (χ0v) is 14.6. The molecule has 0 aliphatic carbocycles. The highest BCUT2D eigenvalue weighted by molar-refractivity contribution is 7.91. The number of anilines is 2. The van der Waals surface area contributed by atoms with Crippen LogP contribution in [0.25, 0.3) is 0 Å². The maximum Gasteiger partial charge on any atom is 0.256 e. The van der Waals surface area contributed by atoms with Crippen molar-refractivity contribution in [2.45, 2.75) is 12.5 Å². The second-order valence-electron chi connectivity index (χ2n) is 6.20. The van der Waals surface area contributed by atoms with Gasteiger partial charge in [-0.05, 0) is 36.8 Å². The number of rotatable bonds is 4. The first kappa shape index (κ1) is 16.6. The first-order valence-electron chi connectivity index (χ1n) is 8.12. The number of carbonyl (C=O) groups excluding carboxylic acids is 1. The van der Waals surface area contributed by atoms with Crippen molar-refractivity contribution >= 4 is 27.2 Å². The Kier molecular flexibility index (Phi) is 4.15. The van der Waals surface area contributed by atoms with Crippen LogP contribution >= 0.6 is 0 Å². The molecule has 8 nitrogen and oxygen atoms in total. The number of carbonyl (C=O) groups is 1. The summed E-state index contributed by atoms with van der Waals surface area (Å²) in [7, 11) is -2.93. The van der Waals surface area contributed by atoms with Crippen LogP contribution in [0.1, 0.15) is 16.8 Å². The lowest BCUT2D eigenvalue weighted by Crippen LogP contribution is -2.20. The molecule has 1 saturated heterocycles. The molecule has 4 rings (SSSR count). The van der Waals surface area contributed by atoms with E-state index >= 15 is 0 Å². The molecule has 2 aromatic rings. The third kappa shape index (κ3) is 3.57. The highest BCUT2D eigenvalue weighted by Gasteiger charge is 2.27. The van der Waals surface area contributed by atoms with Crippen molar-refractivity contribution in [3.05, 3.63) is 42.1 Å². The summed E-state index contributed by atoms with van der Waals surface area (Å²) < 4.78 is 33.5. The summed E-state index contributed by atoms with van der Waals surface area (Å²) in [5, 5.41) is 5.87. The highest BCUT2D eigenvalue weighted by atomic mass is 32.2. The van der Waals surface area contributed by atoms with Gasteiger partial charge in [0, 0.05) is 11.6 Å². The smallest absolute Gasteiger partial charge is 0.256 e. The Hall–Kier alpha value is -2.81. The number of benzene rings is 1. The molecule has 2 aliphatic heterocycles. The molecule has 1 amide bonds. The maximum atomic E-state index is 12.3. The van der Waals surface area contributed by atoms with Gasteiger partial charge in [0.05, 0.1) is 23.4 Å². The van der Waals surface area contributed by atoms with Crippen LogP contribution < -0.4 is 20.1 Å². The standard InChI is InChI=1S/C17H17N3O5S/c21-17(11-1-3-14-15(7-11)25-10-24-14)20-16-4-2-12(8-18-16)19-13-5-6-26(22,23)9-13/h1-4,7-8,13,19H,5-6,9-10H2,(H,18,20,21). The van der Waals surface area contributed by atoms with E-state index in [2.05, 4.69) is 15.6 Å². The number of hydrogen-bond acceptors (Lipinski definition) is 7. The number of ether oxygens (including phenoxy) is 2. The molecule has 0 bridgehead atoms. The van der Waals surface area contributed by atoms with E-state index in [1.807, 2.05) is 0 Å². The molecule has 26 heavy (non-hydrogen) atoms. The van der Waals surface area contributed by atoms with Gasteiger partial charge in [0.2, 0.25) is 6.79 Å². The number of sulfone groups is 1. The van der Waals surface area contributed by atoms with E-state index in [4.69, 9.17) is 9.47 Å². The molecule has 136 valence electrons. The normalized spacial score (nSPS) is 19.9. The van der Waals surface area contributed by atoms with Crippen LogP contribution in [0, 0.1) is 0 Å². The number of fused-ring (bicyclic) bond motifs is 1. The Bertz CT molecular complexity index is 943. The quantitative estimate of drug-likeness (QED) is 0.837. The molecule has 0 saturated carbocycles. The Morgan fingerprint density at radius 1 is 1.15 bits per heavy atom. The number of nitrogens with zero attached hydrogens (tertiary/aromatic N) is 1. The van der Waals surface area contributed by atoms with Crippen molar-refractivity contribution in [1.82, 2.24) is 4.98 Å². The monoisotopic (exact) mass is 375 g/mol. The van der Waals surface area contributed by atoms with Crippen molar-refractivity contribution in [2.75, 3.05) is 28.9 Å². The van der Waals surface area contributed by atoms with Gasteiger partial charge >= 0.3 is 0 Å². The number of nitrogens with one attached hydrogen (secondary N) is 2. The fourth-order valence-electron chi connectivity index (χ4n) is 2.92. The largest absolute Gasteiger partial charge is 0.454 e. The van der Waals surface area contributed by atoms with Gasteiger partial charge in [0.15, 0.2) is 21.3 Å². The number of amides is 1. The summed E-state index contributed by atoms with van der Waals surface area (Å²) in [6.45, 7) is 0.152. The van der Waals surface area contributed by atoms with E-state index in [1.54, 1.807) is 36.5 Å². The molecule has 1 aromatic carbocycles. The lowest BCUT2D eigenvalue weighted by molar-refractivity contribution is 0.102. The summed E-state index contributed by atoms with van der Waals surface area (Å²) in [5.74, 6) is 1.59. The van der Waals surface area contributed by atoms with Gasteiger partial charge in [-0.2, -0.15) is 0 Å². The fourth-order valence-corrected chi connectivity index (χ4v) is 4.60.